The summed E-state index contributed by atoms with van der Waals surface area (Å²) in [4.78, 5) is 41.5. The zero-order chi connectivity index (χ0) is 20.5. The van der Waals surface area contributed by atoms with Crippen LogP contribution in [-0.2, 0) is 11.0 Å². The van der Waals surface area contributed by atoms with Gasteiger partial charge in [-0.1, -0.05) is 0 Å². The van der Waals surface area contributed by atoms with E-state index >= 15 is 0 Å². The summed E-state index contributed by atoms with van der Waals surface area (Å²) in [7, 11) is 0. The number of rotatable bonds is 4. The molecule has 1 saturated carbocycles. The molecule has 3 N–H and O–H groups in total. The van der Waals surface area contributed by atoms with Crippen LogP contribution in [0.4, 0.5) is 23.7 Å². The lowest BCUT2D eigenvalue weighted by Crippen LogP contribution is -2.55. The van der Waals surface area contributed by atoms with Gasteiger partial charge in [0.2, 0.25) is 5.91 Å². The number of nitrogens with one attached hydrogen (secondary N) is 3. The quantitative estimate of drug-likeness (QED) is 0.707. The van der Waals surface area contributed by atoms with E-state index in [-0.39, 0.29) is 18.0 Å². The molecule has 3 rings (SSSR count). The molecule has 11 heteroatoms. The minimum Gasteiger partial charge on any atom is -0.352 e. The summed E-state index contributed by atoms with van der Waals surface area (Å²) < 4.78 is 38.3. The Morgan fingerprint density at radius 1 is 1.21 bits per heavy atom. The number of aromatic amines is 1. The highest BCUT2D eigenvalue weighted by Gasteiger charge is 2.33. The van der Waals surface area contributed by atoms with Crippen LogP contribution in [0.2, 0.25) is 0 Å². The number of alkyl halides is 3. The van der Waals surface area contributed by atoms with Crippen molar-refractivity contribution in [3.63, 3.8) is 0 Å². The van der Waals surface area contributed by atoms with E-state index in [9.17, 15) is 27.6 Å². The van der Waals surface area contributed by atoms with Crippen molar-refractivity contribution in [2.45, 2.75) is 38.0 Å². The van der Waals surface area contributed by atoms with Crippen LogP contribution in [0.3, 0.4) is 0 Å². The number of nitrogens with zero attached hydrogens (tertiary/aromatic N) is 2. The molecule has 1 aromatic heterocycles. The van der Waals surface area contributed by atoms with Crippen molar-refractivity contribution in [2.75, 3.05) is 31.5 Å². The van der Waals surface area contributed by atoms with Gasteiger partial charge in [0, 0.05) is 38.4 Å². The molecule has 3 amide bonds. The Bertz CT molecular complexity index is 798. The fourth-order valence-electron chi connectivity index (χ4n) is 2.96. The molecular formula is C17H22F3N5O3. The van der Waals surface area contributed by atoms with Gasteiger partial charge in [-0.3, -0.25) is 14.5 Å². The summed E-state index contributed by atoms with van der Waals surface area (Å²) in [5.74, 6) is -0.0455. The highest BCUT2D eigenvalue weighted by Crippen LogP contribution is 2.29. The first kappa shape index (κ1) is 20.2. The highest BCUT2D eigenvalue weighted by atomic mass is 19.4. The molecule has 2 heterocycles. The molecule has 1 atom stereocenters. The molecule has 1 unspecified atom stereocenters. The molecule has 1 aromatic rings. The van der Waals surface area contributed by atoms with Crippen LogP contribution in [0, 0.1) is 0 Å². The maximum Gasteiger partial charge on any atom is 0.417 e. The van der Waals surface area contributed by atoms with Gasteiger partial charge < -0.3 is 20.5 Å². The number of hydrogen-bond donors (Lipinski definition) is 3. The van der Waals surface area contributed by atoms with Crippen molar-refractivity contribution in [1.82, 2.24) is 20.1 Å². The smallest absolute Gasteiger partial charge is 0.352 e. The molecule has 0 aromatic carbocycles. The van der Waals surface area contributed by atoms with E-state index in [1.54, 1.807) is 6.92 Å². The van der Waals surface area contributed by atoms with Crippen molar-refractivity contribution in [1.29, 1.82) is 0 Å². The number of pyridine rings is 1. The summed E-state index contributed by atoms with van der Waals surface area (Å²) in [5.41, 5.74) is -2.33. The second-order valence-electron chi connectivity index (χ2n) is 7.04. The Morgan fingerprint density at radius 3 is 2.43 bits per heavy atom. The molecule has 0 radical (unpaired) electrons. The van der Waals surface area contributed by atoms with Crippen LogP contribution < -0.4 is 16.2 Å². The minimum atomic E-state index is -4.63. The van der Waals surface area contributed by atoms with E-state index in [0.29, 0.717) is 38.4 Å². The summed E-state index contributed by atoms with van der Waals surface area (Å²) in [6.07, 6.45) is -2.07. The first-order valence-corrected chi connectivity index (χ1v) is 9.05. The second kappa shape index (κ2) is 7.82. The monoisotopic (exact) mass is 401 g/mol. The van der Waals surface area contributed by atoms with E-state index in [4.69, 9.17) is 0 Å². The van der Waals surface area contributed by atoms with Crippen molar-refractivity contribution >= 4 is 17.6 Å². The molecule has 1 aliphatic heterocycles. The van der Waals surface area contributed by atoms with Crippen molar-refractivity contribution in [3.05, 3.63) is 28.2 Å². The van der Waals surface area contributed by atoms with Gasteiger partial charge in [-0.25, -0.2) is 4.79 Å². The standard InChI is InChI=1S/C17H22F3N5O3/c1-10(14(26)22-12-2-3-12)24-4-6-25(7-5-24)16(28)23-13-8-11(17(18,19)20)9-21-15(13)27/h8-10,12H,2-7H2,1H3,(H,21,27)(H,22,26)(H,23,28). The highest BCUT2D eigenvalue weighted by molar-refractivity contribution is 5.89. The lowest BCUT2D eigenvalue weighted by molar-refractivity contribution is -0.137. The van der Waals surface area contributed by atoms with Gasteiger partial charge in [0.1, 0.15) is 5.69 Å². The lowest BCUT2D eigenvalue weighted by Gasteiger charge is -2.37. The Balaban J connectivity index is 1.55. The number of hydrogen-bond acceptors (Lipinski definition) is 4. The van der Waals surface area contributed by atoms with E-state index in [0.717, 1.165) is 12.8 Å². The van der Waals surface area contributed by atoms with E-state index in [1.165, 1.54) is 4.90 Å². The number of amides is 3. The molecule has 2 aliphatic rings. The summed E-state index contributed by atoms with van der Waals surface area (Å²) >= 11 is 0. The largest absolute Gasteiger partial charge is 0.417 e. The molecule has 1 aliphatic carbocycles. The third kappa shape index (κ3) is 4.83. The van der Waals surface area contributed by atoms with E-state index < -0.39 is 29.0 Å². The van der Waals surface area contributed by atoms with Crippen molar-refractivity contribution in [3.8, 4) is 0 Å². The fraction of sp³-hybridized carbons (Fsp3) is 0.588. The number of anilines is 1. The molecule has 2 fully saturated rings. The van der Waals surface area contributed by atoms with Crippen molar-refractivity contribution < 1.29 is 22.8 Å². The average Bonchev–Trinajstić information content (AvgIpc) is 3.46. The fourth-order valence-corrected chi connectivity index (χ4v) is 2.96. The average molecular weight is 401 g/mol. The molecule has 154 valence electrons. The lowest BCUT2D eigenvalue weighted by atomic mass is 10.2. The molecular weight excluding hydrogens is 379 g/mol. The normalized spacial score (nSPS) is 19.2. The molecule has 8 nitrogen and oxygen atoms in total. The number of halogens is 3. The van der Waals surface area contributed by atoms with E-state index in [2.05, 4.69) is 10.6 Å². The van der Waals surface area contributed by atoms with Gasteiger partial charge in [-0.2, -0.15) is 13.2 Å². The molecule has 1 saturated heterocycles. The van der Waals surface area contributed by atoms with Crippen LogP contribution in [0.5, 0.6) is 0 Å². The van der Waals surface area contributed by atoms with Crippen LogP contribution in [0.15, 0.2) is 17.1 Å². The van der Waals surface area contributed by atoms with Gasteiger partial charge >= 0.3 is 12.2 Å². The van der Waals surface area contributed by atoms with E-state index in [1.807, 2.05) is 9.88 Å². The Hall–Kier alpha value is -2.56. The first-order valence-electron chi connectivity index (χ1n) is 9.05. The molecule has 0 bridgehead atoms. The number of carbonyl (C=O) groups excluding carboxylic acids is 2. The van der Waals surface area contributed by atoms with Crippen LogP contribution in [0.1, 0.15) is 25.3 Å². The van der Waals surface area contributed by atoms with Gasteiger partial charge in [-0.05, 0) is 25.8 Å². The maximum atomic E-state index is 12.8. The zero-order valence-corrected chi connectivity index (χ0v) is 15.3. The summed E-state index contributed by atoms with van der Waals surface area (Å²) in [6.45, 7) is 3.29. The number of piperazine rings is 1. The molecule has 28 heavy (non-hydrogen) atoms. The summed E-state index contributed by atoms with van der Waals surface area (Å²) in [5, 5.41) is 5.18. The van der Waals surface area contributed by atoms with Crippen molar-refractivity contribution in [2.24, 2.45) is 0 Å². The Labute approximate surface area is 159 Å². The first-order chi connectivity index (χ1) is 13.1. The minimum absolute atomic E-state index is 0.0455. The van der Waals surface area contributed by atoms with Gasteiger partial charge in [-0.15, -0.1) is 0 Å². The SMILES string of the molecule is CC(C(=O)NC1CC1)N1CCN(C(=O)Nc2cc(C(F)(F)F)c[nH]c2=O)CC1. The topological polar surface area (TPSA) is 97.5 Å². The number of urea groups is 1. The Kier molecular flexibility index (Phi) is 5.64. The zero-order valence-electron chi connectivity index (χ0n) is 15.3. The maximum absolute atomic E-state index is 12.8. The number of H-pyrrole nitrogens is 1. The third-order valence-electron chi connectivity index (χ3n) is 4.92. The summed E-state index contributed by atoms with van der Waals surface area (Å²) in [6, 6.07) is -0.0960. The van der Waals surface area contributed by atoms with Crippen LogP contribution >= 0.6 is 0 Å². The van der Waals surface area contributed by atoms with Gasteiger partial charge in [0.15, 0.2) is 0 Å². The predicted molar refractivity (Wildman–Crippen MR) is 94.9 cm³/mol. The van der Waals surface area contributed by atoms with Crippen LogP contribution in [-0.4, -0.2) is 65.0 Å². The number of carbonyl (C=O) groups is 2. The van der Waals surface area contributed by atoms with Gasteiger partial charge in [0.25, 0.3) is 5.56 Å². The third-order valence-corrected chi connectivity index (χ3v) is 4.92. The molecule has 0 spiro atoms. The Morgan fingerprint density at radius 2 is 1.86 bits per heavy atom. The number of aromatic nitrogens is 1. The van der Waals surface area contributed by atoms with Gasteiger partial charge in [0.05, 0.1) is 11.6 Å². The second-order valence-corrected chi connectivity index (χ2v) is 7.04. The van der Waals surface area contributed by atoms with Crippen LogP contribution in [0.25, 0.3) is 0 Å². The predicted octanol–water partition coefficient (Wildman–Crippen LogP) is 1.21.